The van der Waals surface area contributed by atoms with Crippen LogP contribution in [0.3, 0.4) is 0 Å². The third kappa shape index (κ3) is 3.66. The lowest BCUT2D eigenvalue weighted by Crippen LogP contribution is -2.12. The number of hydrogen-bond donors (Lipinski definition) is 2. The molecule has 0 fully saturated rings. The Labute approximate surface area is 120 Å². The summed E-state index contributed by atoms with van der Waals surface area (Å²) in [6.07, 6.45) is 2.63. The number of halogens is 1. The summed E-state index contributed by atoms with van der Waals surface area (Å²) in [5, 5.41) is 3.31. The van der Waals surface area contributed by atoms with Gasteiger partial charge in [0, 0.05) is 23.3 Å². The average molecular weight is 298 g/mol. The highest BCUT2D eigenvalue weighted by molar-refractivity contribution is 7.80. The number of nitrogens with two attached hydrogens (primary N) is 1. The van der Waals surface area contributed by atoms with Gasteiger partial charge in [-0.25, -0.2) is 0 Å². The van der Waals surface area contributed by atoms with Crippen molar-refractivity contribution in [3.05, 3.63) is 45.4 Å². The normalized spacial score (nSPS) is 10.3. The number of pyridine rings is 1. The standard InChI is InChI=1S/C12H12ClN3S2/c13-11-2-1-9(18-11)4-6-15-8-3-5-16-10(7-8)12(14)17/h1-3,5,7H,4,6H2,(H2,14,17)(H,15,16). The monoisotopic (exact) mass is 297 g/mol. The number of nitrogens with one attached hydrogen (secondary N) is 1. The quantitative estimate of drug-likeness (QED) is 0.833. The van der Waals surface area contributed by atoms with E-state index in [1.165, 1.54) is 4.88 Å². The topological polar surface area (TPSA) is 50.9 Å². The molecule has 0 bridgehead atoms. The Morgan fingerprint density at radius 3 is 2.94 bits per heavy atom. The fourth-order valence-electron chi connectivity index (χ4n) is 1.49. The highest BCUT2D eigenvalue weighted by Crippen LogP contribution is 2.21. The summed E-state index contributed by atoms with van der Waals surface area (Å²) in [7, 11) is 0. The molecule has 0 aliphatic rings. The van der Waals surface area contributed by atoms with Gasteiger partial charge in [0.2, 0.25) is 0 Å². The van der Waals surface area contributed by atoms with E-state index in [0.29, 0.717) is 10.7 Å². The average Bonchev–Trinajstić information content (AvgIpc) is 2.75. The lowest BCUT2D eigenvalue weighted by molar-refractivity contribution is 1.04. The Balaban J connectivity index is 1.90. The second-order valence-electron chi connectivity index (χ2n) is 3.68. The zero-order valence-electron chi connectivity index (χ0n) is 9.52. The second kappa shape index (κ2) is 6.13. The van der Waals surface area contributed by atoms with Crippen LogP contribution in [0, 0.1) is 0 Å². The zero-order valence-corrected chi connectivity index (χ0v) is 11.9. The fourth-order valence-corrected chi connectivity index (χ4v) is 2.69. The van der Waals surface area contributed by atoms with Crippen molar-refractivity contribution in [2.45, 2.75) is 6.42 Å². The van der Waals surface area contributed by atoms with Crippen LogP contribution < -0.4 is 11.1 Å². The molecular weight excluding hydrogens is 286 g/mol. The zero-order chi connectivity index (χ0) is 13.0. The molecule has 3 nitrogen and oxygen atoms in total. The summed E-state index contributed by atoms with van der Waals surface area (Å²) in [6.45, 7) is 0.831. The number of rotatable bonds is 5. The summed E-state index contributed by atoms with van der Waals surface area (Å²) >= 11 is 12.4. The molecule has 0 spiro atoms. The molecule has 0 aromatic carbocycles. The maximum atomic E-state index is 5.87. The van der Waals surface area contributed by atoms with Crippen LogP contribution in [0.25, 0.3) is 0 Å². The van der Waals surface area contributed by atoms with Crippen LogP contribution in [0.4, 0.5) is 5.69 Å². The summed E-state index contributed by atoms with van der Waals surface area (Å²) in [4.78, 5) is 5.66. The summed E-state index contributed by atoms with van der Waals surface area (Å²) in [6, 6.07) is 7.70. The molecule has 18 heavy (non-hydrogen) atoms. The SMILES string of the molecule is NC(=S)c1cc(NCCc2ccc(Cl)s2)ccn1. The van der Waals surface area contributed by atoms with Gasteiger partial charge in [-0.15, -0.1) is 11.3 Å². The molecule has 0 saturated carbocycles. The summed E-state index contributed by atoms with van der Waals surface area (Å²) in [5.74, 6) is 0. The van der Waals surface area contributed by atoms with Gasteiger partial charge in [0.05, 0.1) is 10.0 Å². The predicted molar refractivity (Wildman–Crippen MR) is 81.6 cm³/mol. The number of hydrogen-bond acceptors (Lipinski definition) is 4. The molecule has 94 valence electrons. The van der Waals surface area contributed by atoms with Gasteiger partial charge >= 0.3 is 0 Å². The third-order valence-electron chi connectivity index (χ3n) is 2.34. The van der Waals surface area contributed by atoms with Crippen LogP contribution in [-0.2, 0) is 6.42 Å². The number of thiophene rings is 1. The highest BCUT2D eigenvalue weighted by Gasteiger charge is 2.01. The van der Waals surface area contributed by atoms with E-state index < -0.39 is 0 Å². The van der Waals surface area contributed by atoms with E-state index in [0.717, 1.165) is 23.0 Å². The number of nitrogens with zero attached hydrogens (tertiary/aromatic N) is 1. The van der Waals surface area contributed by atoms with E-state index in [9.17, 15) is 0 Å². The Hall–Kier alpha value is -1.17. The molecule has 0 amide bonds. The van der Waals surface area contributed by atoms with Crippen LogP contribution in [0.1, 0.15) is 10.6 Å². The summed E-state index contributed by atoms with van der Waals surface area (Å²) < 4.78 is 0.824. The Morgan fingerprint density at radius 2 is 2.28 bits per heavy atom. The predicted octanol–water partition coefficient (Wildman–Crippen LogP) is 3.09. The van der Waals surface area contributed by atoms with Crippen molar-refractivity contribution in [1.82, 2.24) is 4.98 Å². The van der Waals surface area contributed by atoms with Gasteiger partial charge in [-0.1, -0.05) is 23.8 Å². The first-order valence-corrected chi connectivity index (χ1v) is 6.99. The van der Waals surface area contributed by atoms with E-state index in [-0.39, 0.29) is 0 Å². The maximum Gasteiger partial charge on any atom is 0.122 e. The van der Waals surface area contributed by atoms with Crippen molar-refractivity contribution in [3.8, 4) is 0 Å². The molecule has 0 saturated heterocycles. The molecule has 2 aromatic heterocycles. The van der Waals surface area contributed by atoms with Crippen LogP contribution in [-0.4, -0.2) is 16.5 Å². The van der Waals surface area contributed by atoms with E-state index in [1.54, 1.807) is 17.5 Å². The van der Waals surface area contributed by atoms with Crippen molar-refractivity contribution in [2.75, 3.05) is 11.9 Å². The van der Waals surface area contributed by atoms with Crippen molar-refractivity contribution in [2.24, 2.45) is 5.73 Å². The first kappa shape index (κ1) is 13.3. The van der Waals surface area contributed by atoms with Gasteiger partial charge in [-0.2, -0.15) is 0 Å². The molecule has 0 unspecified atom stereocenters. The van der Waals surface area contributed by atoms with Crippen LogP contribution in [0.2, 0.25) is 4.34 Å². The molecule has 0 atom stereocenters. The second-order valence-corrected chi connectivity index (χ2v) is 5.92. The van der Waals surface area contributed by atoms with Crippen LogP contribution in [0.5, 0.6) is 0 Å². The van der Waals surface area contributed by atoms with E-state index in [2.05, 4.69) is 10.3 Å². The minimum absolute atomic E-state index is 0.309. The Bertz CT molecular complexity index is 554. The molecule has 0 aliphatic heterocycles. The number of thiocarbonyl (C=S) groups is 1. The molecule has 0 radical (unpaired) electrons. The first-order chi connectivity index (χ1) is 8.65. The van der Waals surface area contributed by atoms with Crippen molar-refractivity contribution < 1.29 is 0 Å². The third-order valence-corrected chi connectivity index (χ3v) is 3.84. The van der Waals surface area contributed by atoms with Crippen LogP contribution in [0.15, 0.2) is 30.5 Å². The molecule has 0 aliphatic carbocycles. The molecular formula is C12H12ClN3S2. The van der Waals surface area contributed by atoms with Gasteiger partial charge in [0.1, 0.15) is 4.99 Å². The van der Waals surface area contributed by atoms with Gasteiger partial charge in [0.25, 0.3) is 0 Å². The van der Waals surface area contributed by atoms with Gasteiger partial charge < -0.3 is 11.1 Å². The van der Waals surface area contributed by atoms with E-state index in [4.69, 9.17) is 29.6 Å². The van der Waals surface area contributed by atoms with E-state index in [1.807, 2.05) is 24.3 Å². The molecule has 2 aromatic rings. The Kier molecular flexibility index (Phi) is 4.52. The van der Waals surface area contributed by atoms with Crippen molar-refractivity contribution in [1.29, 1.82) is 0 Å². The van der Waals surface area contributed by atoms with Crippen LogP contribution >= 0.6 is 35.2 Å². The summed E-state index contributed by atoms with van der Waals surface area (Å²) in [5.41, 5.74) is 7.13. The van der Waals surface area contributed by atoms with Gasteiger partial charge in [-0.3, -0.25) is 4.98 Å². The van der Waals surface area contributed by atoms with Crippen molar-refractivity contribution >= 4 is 45.8 Å². The lowest BCUT2D eigenvalue weighted by Gasteiger charge is -2.06. The number of aromatic nitrogens is 1. The molecule has 3 N–H and O–H groups in total. The van der Waals surface area contributed by atoms with E-state index >= 15 is 0 Å². The lowest BCUT2D eigenvalue weighted by atomic mass is 10.3. The van der Waals surface area contributed by atoms with Crippen molar-refractivity contribution in [3.63, 3.8) is 0 Å². The minimum Gasteiger partial charge on any atom is -0.388 e. The Morgan fingerprint density at radius 1 is 1.44 bits per heavy atom. The molecule has 6 heteroatoms. The minimum atomic E-state index is 0.309. The maximum absolute atomic E-state index is 5.87. The smallest absolute Gasteiger partial charge is 0.122 e. The molecule has 2 rings (SSSR count). The van der Waals surface area contributed by atoms with Gasteiger partial charge in [0.15, 0.2) is 0 Å². The van der Waals surface area contributed by atoms with Gasteiger partial charge in [-0.05, 0) is 30.7 Å². The number of anilines is 1. The largest absolute Gasteiger partial charge is 0.388 e. The highest BCUT2D eigenvalue weighted by atomic mass is 35.5. The fraction of sp³-hybridized carbons (Fsp3) is 0.167. The molecule has 2 heterocycles. The first-order valence-electron chi connectivity index (χ1n) is 5.39.